The Bertz CT molecular complexity index is 1260. The van der Waals surface area contributed by atoms with E-state index in [1.54, 1.807) is 6.26 Å². The Morgan fingerprint density at radius 3 is 1.59 bits per heavy atom. The number of nitrogens with zero attached hydrogens (tertiary/aromatic N) is 9. The third kappa shape index (κ3) is 12.9. The van der Waals surface area contributed by atoms with Crippen molar-refractivity contribution in [3.63, 3.8) is 0 Å². The van der Waals surface area contributed by atoms with Gasteiger partial charge in [-0.25, -0.2) is 0 Å². The molecule has 15 nitrogen and oxygen atoms in total. The minimum absolute atomic E-state index is 0.194. The Balaban J connectivity index is 0.000000308. The van der Waals surface area contributed by atoms with Crippen LogP contribution in [0.1, 0.15) is 61.1 Å². The number of nitrogen functional groups attached to an aromatic ring is 1. The Morgan fingerprint density at radius 1 is 0.805 bits per heavy atom. The van der Waals surface area contributed by atoms with Gasteiger partial charge in [0.15, 0.2) is 0 Å². The molecule has 0 aliphatic rings. The summed E-state index contributed by atoms with van der Waals surface area (Å²) in [4.78, 5) is 35.6. The SMILES string of the molecule is CCNc1nc(Cl)nc(NC(C)C)n1.CCNc1nc(Cl)nc(NCC)n1.CSc1nnc(C(C)(C)C)c(=O)n1N. The van der Waals surface area contributed by atoms with Crippen LogP contribution in [0.25, 0.3) is 0 Å². The van der Waals surface area contributed by atoms with Gasteiger partial charge in [0.1, 0.15) is 5.69 Å². The smallest absolute Gasteiger partial charge is 0.295 e. The first kappa shape index (κ1) is 35.8. The van der Waals surface area contributed by atoms with E-state index in [0.717, 1.165) is 24.3 Å². The molecule has 0 saturated carbocycles. The number of anilines is 4. The molecule has 41 heavy (non-hydrogen) atoms. The second-order valence-corrected chi connectivity index (χ2v) is 10.8. The lowest BCUT2D eigenvalue weighted by atomic mass is 9.93. The molecule has 0 atom stereocenters. The van der Waals surface area contributed by atoms with Crippen LogP contribution in [0.3, 0.4) is 0 Å². The summed E-state index contributed by atoms with van der Waals surface area (Å²) in [7, 11) is 0. The molecule has 3 heterocycles. The molecule has 0 saturated heterocycles. The van der Waals surface area contributed by atoms with E-state index in [1.165, 1.54) is 11.8 Å². The van der Waals surface area contributed by atoms with Crippen molar-refractivity contribution in [3.05, 3.63) is 26.6 Å². The highest BCUT2D eigenvalue weighted by Crippen LogP contribution is 2.16. The average Bonchev–Trinajstić information content (AvgIpc) is 2.85. The second kappa shape index (κ2) is 17.5. The van der Waals surface area contributed by atoms with Crippen LogP contribution in [0.2, 0.25) is 10.6 Å². The molecule has 0 aromatic carbocycles. The van der Waals surface area contributed by atoms with E-state index in [2.05, 4.69) is 61.4 Å². The van der Waals surface area contributed by atoms with Crippen LogP contribution in [-0.2, 0) is 5.41 Å². The molecule has 3 aromatic rings. The molecule has 0 spiro atoms. The third-order valence-corrected chi connectivity index (χ3v) is 5.38. The predicted octanol–water partition coefficient (Wildman–Crippen LogP) is 3.54. The lowest BCUT2D eigenvalue weighted by molar-refractivity contribution is 0.520. The fourth-order valence-electron chi connectivity index (χ4n) is 2.73. The molecule has 0 unspecified atom stereocenters. The monoisotopic (exact) mass is 630 g/mol. The molecule has 3 aromatic heterocycles. The zero-order valence-electron chi connectivity index (χ0n) is 24.9. The second-order valence-electron chi connectivity index (χ2n) is 9.35. The number of nitrogens with two attached hydrogens (primary N) is 1. The fourth-order valence-corrected chi connectivity index (χ4v) is 3.45. The molecule has 6 N–H and O–H groups in total. The number of nitrogens with one attached hydrogen (secondary N) is 4. The predicted molar refractivity (Wildman–Crippen MR) is 168 cm³/mol. The molecule has 0 aliphatic heterocycles. The maximum Gasteiger partial charge on any atom is 0.295 e. The van der Waals surface area contributed by atoms with E-state index < -0.39 is 0 Å². The molecule has 228 valence electrons. The van der Waals surface area contributed by atoms with Gasteiger partial charge in [0.2, 0.25) is 39.5 Å². The highest BCUT2D eigenvalue weighted by atomic mass is 35.5. The van der Waals surface area contributed by atoms with Gasteiger partial charge in [-0.3, -0.25) is 4.79 Å². The minimum Gasteiger partial charge on any atom is -0.354 e. The van der Waals surface area contributed by atoms with Gasteiger partial charge < -0.3 is 27.1 Å². The van der Waals surface area contributed by atoms with Crippen LogP contribution in [0.15, 0.2) is 9.95 Å². The normalized spacial score (nSPS) is 10.6. The van der Waals surface area contributed by atoms with E-state index in [0.29, 0.717) is 34.6 Å². The molecule has 0 radical (unpaired) electrons. The topological polar surface area (TPSA) is 199 Å². The van der Waals surface area contributed by atoms with Gasteiger partial charge in [-0.2, -0.15) is 34.6 Å². The lowest BCUT2D eigenvalue weighted by Gasteiger charge is -2.16. The zero-order valence-corrected chi connectivity index (χ0v) is 27.2. The van der Waals surface area contributed by atoms with Gasteiger partial charge in [-0.1, -0.05) is 32.5 Å². The summed E-state index contributed by atoms with van der Waals surface area (Å²) < 4.78 is 1.04. The Kier molecular flexibility index (Phi) is 15.3. The summed E-state index contributed by atoms with van der Waals surface area (Å²) >= 11 is 12.7. The molecule has 0 bridgehead atoms. The van der Waals surface area contributed by atoms with Gasteiger partial charge in [0.05, 0.1) is 0 Å². The number of hydrogen-bond donors (Lipinski definition) is 5. The first-order chi connectivity index (χ1) is 19.2. The summed E-state index contributed by atoms with van der Waals surface area (Å²) in [6.45, 7) is 17.9. The number of halogens is 2. The third-order valence-electron chi connectivity index (χ3n) is 4.39. The van der Waals surface area contributed by atoms with Crippen LogP contribution in [0.5, 0.6) is 0 Å². The van der Waals surface area contributed by atoms with Crippen LogP contribution in [0, 0.1) is 0 Å². The number of thioether (sulfide) groups is 1. The molecular weight excluding hydrogens is 591 g/mol. The summed E-state index contributed by atoms with van der Waals surface area (Å²) in [6.07, 6.45) is 1.80. The lowest BCUT2D eigenvalue weighted by Crippen LogP contribution is -2.37. The Labute approximate surface area is 254 Å². The van der Waals surface area contributed by atoms with Crippen molar-refractivity contribution >= 4 is 58.8 Å². The van der Waals surface area contributed by atoms with Crippen molar-refractivity contribution in [3.8, 4) is 0 Å². The number of rotatable bonds is 9. The van der Waals surface area contributed by atoms with Gasteiger partial charge in [0.25, 0.3) is 5.56 Å². The maximum atomic E-state index is 11.7. The van der Waals surface area contributed by atoms with E-state index >= 15 is 0 Å². The van der Waals surface area contributed by atoms with Crippen LogP contribution >= 0.6 is 35.0 Å². The molecule has 0 aliphatic carbocycles. The highest BCUT2D eigenvalue weighted by molar-refractivity contribution is 7.98. The van der Waals surface area contributed by atoms with E-state index in [-0.39, 0.29) is 27.6 Å². The standard InChI is InChI=1S/C8H14ClN5.C8H14N4OS.C7H12ClN5/c1-4-10-7-12-6(9)13-8(14-7)11-5(2)3;1-8(2,3)5-6(13)12(9)7(14-4)11-10-5;1-3-9-6-11-5(8)12-7(13-6)10-4-2/h5H,4H2,1-3H3,(H2,10,11,12,13,14);9H2,1-4H3;3-4H2,1-2H3,(H2,9,10,11,12,13). The summed E-state index contributed by atoms with van der Waals surface area (Å²) in [6, 6.07) is 0.267. The molecule has 0 amide bonds. The molecular formula is C23H40Cl2N14OS. The highest BCUT2D eigenvalue weighted by Gasteiger charge is 2.22. The van der Waals surface area contributed by atoms with E-state index in [4.69, 9.17) is 29.0 Å². The first-order valence-electron chi connectivity index (χ1n) is 12.9. The van der Waals surface area contributed by atoms with Crippen molar-refractivity contribution in [2.24, 2.45) is 0 Å². The molecule has 3 rings (SSSR count). The maximum absolute atomic E-state index is 11.7. The summed E-state index contributed by atoms with van der Waals surface area (Å²) in [5, 5.41) is 20.5. The van der Waals surface area contributed by atoms with Crippen molar-refractivity contribution in [1.29, 1.82) is 0 Å². The Hall–Kier alpha value is -3.24. The number of hydrogen-bond acceptors (Lipinski definition) is 15. The van der Waals surface area contributed by atoms with Gasteiger partial charge in [-0.05, 0) is 64.1 Å². The summed E-state index contributed by atoms with van der Waals surface area (Å²) in [5.74, 6) is 7.56. The molecule has 18 heteroatoms. The van der Waals surface area contributed by atoms with Gasteiger partial charge in [-0.15, -0.1) is 10.2 Å². The summed E-state index contributed by atoms with van der Waals surface area (Å²) in [5.41, 5.74) is -0.225. The molecule has 0 fully saturated rings. The first-order valence-corrected chi connectivity index (χ1v) is 14.8. The zero-order chi connectivity index (χ0) is 31.2. The Morgan fingerprint density at radius 2 is 1.22 bits per heavy atom. The van der Waals surface area contributed by atoms with Crippen molar-refractivity contribution < 1.29 is 0 Å². The van der Waals surface area contributed by atoms with Gasteiger partial charge in [0, 0.05) is 31.1 Å². The van der Waals surface area contributed by atoms with Crippen molar-refractivity contribution in [2.45, 2.75) is 72.0 Å². The van der Waals surface area contributed by atoms with Crippen LogP contribution in [-0.4, -0.2) is 76.7 Å². The average molecular weight is 632 g/mol. The minimum atomic E-state index is -0.331. The fraction of sp³-hybridized carbons (Fsp3) is 0.609. The van der Waals surface area contributed by atoms with Crippen LogP contribution in [0.4, 0.5) is 23.8 Å². The largest absolute Gasteiger partial charge is 0.354 e. The van der Waals surface area contributed by atoms with E-state index in [9.17, 15) is 4.79 Å². The van der Waals surface area contributed by atoms with Gasteiger partial charge >= 0.3 is 0 Å². The number of aromatic nitrogens is 9. The quantitative estimate of drug-likeness (QED) is 0.170. The van der Waals surface area contributed by atoms with Crippen LogP contribution < -0.4 is 32.7 Å². The van der Waals surface area contributed by atoms with Crippen molar-refractivity contribution in [1.82, 2.24) is 44.8 Å². The van der Waals surface area contributed by atoms with E-state index in [1.807, 2.05) is 55.4 Å². The van der Waals surface area contributed by atoms with Crippen molar-refractivity contribution in [2.75, 3.05) is 53.0 Å².